The number of benzene rings is 2. The first-order chi connectivity index (χ1) is 9.54. The maximum absolute atomic E-state index is 13.7. The Hall–Kier alpha value is -2.00. The van der Waals surface area contributed by atoms with Crippen molar-refractivity contribution < 1.29 is 17.9 Å². The van der Waals surface area contributed by atoms with E-state index in [1.165, 1.54) is 18.2 Å². The normalized spacial score (nSPS) is 10.2. The van der Waals surface area contributed by atoms with Crippen LogP contribution in [0.5, 0.6) is 5.75 Å². The van der Waals surface area contributed by atoms with Crippen LogP contribution in [0.1, 0.15) is 11.1 Å². The number of nitrogens with zero attached hydrogens (tertiary/aromatic N) is 1. The summed E-state index contributed by atoms with van der Waals surface area (Å²) in [6.07, 6.45) is 0. The first-order valence-corrected chi connectivity index (χ1v) is 6.27. The van der Waals surface area contributed by atoms with E-state index in [0.29, 0.717) is 0 Å². The second kappa shape index (κ2) is 5.97. The fraction of sp³-hybridized carbons (Fsp3) is 0.0714. The van der Waals surface area contributed by atoms with E-state index in [-0.39, 0.29) is 21.3 Å². The molecular weight excluding hydrogens is 335 g/mol. The van der Waals surface area contributed by atoms with Crippen molar-refractivity contribution in [2.45, 2.75) is 6.61 Å². The maximum atomic E-state index is 13.7. The van der Waals surface area contributed by atoms with Gasteiger partial charge in [-0.3, -0.25) is 0 Å². The average molecular weight is 342 g/mol. The highest BCUT2D eigenvalue weighted by Gasteiger charge is 2.15. The monoisotopic (exact) mass is 341 g/mol. The van der Waals surface area contributed by atoms with Crippen LogP contribution in [0.25, 0.3) is 0 Å². The van der Waals surface area contributed by atoms with Gasteiger partial charge in [0.1, 0.15) is 41.4 Å². The van der Waals surface area contributed by atoms with Crippen LogP contribution in [-0.4, -0.2) is 0 Å². The first kappa shape index (κ1) is 14.4. The summed E-state index contributed by atoms with van der Waals surface area (Å²) in [7, 11) is 0. The fourth-order valence-electron chi connectivity index (χ4n) is 1.58. The van der Waals surface area contributed by atoms with Gasteiger partial charge in [-0.25, -0.2) is 13.2 Å². The predicted octanol–water partition coefficient (Wildman–Crippen LogP) is 4.32. The maximum Gasteiger partial charge on any atom is 0.146 e. The van der Waals surface area contributed by atoms with Crippen LogP contribution in [0.3, 0.4) is 0 Å². The molecule has 0 N–H and O–H groups in total. The molecule has 0 unspecified atom stereocenters. The van der Waals surface area contributed by atoms with E-state index in [0.717, 1.165) is 12.1 Å². The van der Waals surface area contributed by atoms with Crippen LogP contribution in [0, 0.1) is 28.8 Å². The zero-order valence-corrected chi connectivity index (χ0v) is 11.5. The van der Waals surface area contributed by atoms with Crippen molar-refractivity contribution in [1.29, 1.82) is 5.26 Å². The van der Waals surface area contributed by atoms with E-state index in [4.69, 9.17) is 10.00 Å². The van der Waals surface area contributed by atoms with Gasteiger partial charge in [0.2, 0.25) is 0 Å². The Balaban J connectivity index is 2.29. The minimum Gasteiger partial charge on any atom is -0.487 e. The molecule has 0 aliphatic rings. The third-order valence-electron chi connectivity index (χ3n) is 2.60. The van der Waals surface area contributed by atoms with Gasteiger partial charge in [-0.05, 0) is 40.2 Å². The third kappa shape index (κ3) is 2.78. The van der Waals surface area contributed by atoms with E-state index < -0.39 is 24.1 Å². The van der Waals surface area contributed by atoms with Crippen LogP contribution in [0.2, 0.25) is 0 Å². The Morgan fingerprint density at radius 1 is 1.10 bits per heavy atom. The molecule has 0 radical (unpaired) electrons. The van der Waals surface area contributed by atoms with Crippen LogP contribution in [0.15, 0.2) is 34.8 Å². The van der Waals surface area contributed by atoms with Gasteiger partial charge in [0.15, 0.2) is 0 Å². The quantitative estimate of drug-likeness (QED) is 0.779. The van der Waals surface area contributed by atoms with E-state index in [2.05, 4.69) is 15.9 Å². The second-order valence-corrected chi connectivity index (χ2v) is 4.69. The lowest BCUT2D eigenvalue weighted by Crippen LogP contribution is -2.04. The molecule has 0 aliphatic heterocycles. The highest BCUT2D eigenvalue weighted by Crippen LogP contribution is 2.25. The number of nitriles is 1. The Morgan fingerprint density at radius 2 is 1.85 bits per heavy atom. The number of ether oxygens (including phenoxy) is 1. The summed E-state index contributed by atoms with van der Waals surface area (Å²) in [5.74, 6) is -2.38. The van der Waals surface area contributed by atoms with Gasteiger partial charge in [0.05, 0.1) is 10.0 Å². The Kier molecular flexibility index (Phi) is 4.30. The Labute approximate surface area is 121 Å². The minimum atomic E-state index is -0.792. The molecule has 0 spiro atoms. The van der Waals surface area contributed by atoms with Gasteiger partial charge < -0.3 is 4.74 Å². The number of halogens is 4. The van der Waals surface area contributed by atoms with Crippen LogP contribution >= 0.6 is 15.9 Å². The van der Waals surface area contributed by atoms with Crippen molar-refractivity contribution in [3.05, 3.63) is 63.4 Å². The zero-order chi connectivity index (χ0) is 14.7. The van der Waals surface area contributed by atoms with E-state index in [1.54, 1.807) is 6.07 Å². The first-order valence-electron chi connectivity index (χ1n) is 5.48. The van der Waals surface area contributed by atoms with Crippen molar-refractivity contribution in [3.63, 3.8) is 0 Å². The number of rotatable bonds is 3. The molecule has 20 heavy (non-hydrogen) atoms. The van der Waals surface area contributed by atoms with Crippen LogP contribution in [0.4, 0.5) is 13.2 Å². The fourth-order valence-corrected chi connectivity index (χ4v) is 1.96. The number of hydrogen-bond acceptors (Lipinski definition) is 2. The molecule has 2 aromatic carbocycles. The summed E-state index contributed by atoms with van der Waals surface area (Å²) in [6, 6.07) is 7.77. The molecule has 0 amide bonds. The smallest absolute Gasteiger partial charge is 0.146 e. The van der Waals surface area contributed by atoms with Gasteiger partial charge in [-0.1, -0.05) is 6.07 Å². The SMILES string of the molecule is N#Cc1c(F)cccc1OCc1c(F)ccc(Br)c1F. The highest BCUT2D eigenvalue weighted by atomic mass is 79.9. The molecule has 0 heterocycles. The Bertz CT molecular complexity index is 698. The van der Waals surface area contributed by atoms with Crippen molar-refractivity contribution in [1.82, 2.24) is 0 Å². The summed E-state index contributed by atoms with van der Waals surface area (Å²) < 4.78 is 45.8. The molecule has 0 saturated carbocycles. The molecule has 0 bridgehead atoms. The summed E-state index contributed by atoms with van der Waals surface area (Å²) in [4.78, 5) is 0. The average Bonchev–Trinajstić information content (AvgIpc) is 2.43. The van der Waals surface area contributed by atoms with Crippen molar-refractivity contribution in [2.75, 3.05) is 0 Å². The summed E-state index contributed by atoms with van der Waals surface area (Å²) in [6.45, 7) is -0.449. The van der Waals surface area contributed by atoms with Crippen molar-refractivity contribution in [3.8, 4) is 11.8 Å². The van der Waals surface area contributed by atoms with Gasteiger partial charge in [0, 0.05) is 0 Å². The Morgan fingerprint density at radius 3 is 2.55 bits per heavy atom. The third-order valence-corrected chi connectivity index (χ3v) is 3.21. The van der Waals surface area contributed by atoms with Gasteiger partial charge >= 0.3 is 0 Å². The van der Waals surface area contributed by atoms with Crippen molar-refractivity contribution in [2.24, 2.45) is 0 Å². The highest BCUT2D eigenvalue weighted by molar-refractivity contribution is 9.10. The lowest BCUT2D eigenvalue weighted by Gasteiger charge is -2.10. The minimum absolute atomic E-state index is 0.0636. The molecule has 0 saturated heterocycles. The predicted molar refractivity (Wildman–Crippen MR) is 69.5 cm³/mol. The molecule has 6 heteroatoms. The molecule has 0 atom stereocenters. The van der Waals surface area contributed by atoms with E-state index in [9.17, 15) is 13.2 Å². The van der Waals surface area contributed by atoms with E-state index >= 15 is 0 Å². The standard InChI is InChI=1S/C14H7BrF3NO/c15-10-4-5-12(17)9(14(10)18)7-20-13-3-1-2-11(16)8(13)6-19/h1-5H,7H2. The molecule has 0 aromatic heterocycles. The van der Waals surface area contributed by atoms with E-state index in [1.807, 2.05) is 0 Å². The summed E-state index contributed by atoms with van der Waals surface area (Å²) in [5.41, 5.74) is -0.601. The van der Waals surface area contributed by atoms with Gasteiger partial charge in [0.25, 0.3) is 0 Å². The van der Waals surface area contributed by atoms with Gasteiger partial charge in [-0.15, -0.1) is 0 Å². The molecule has 102 valence electrons. The second-order valence-electron chi connectivity index (χ2n) is 3.84. The number of hydrogen-bond donors (Lipinski definition) is 0. The molecule has 2 nitrogen and oxygen atoms in total. The lowest BCUT2D eigenvalue weighted by atomic mass is 10.2. The van der Waals surface area contributed by atoms with Crippen molar-refractivity contribution >= 4 is 15.9 Å². The largest absolute Gasteiger partial charge is 0.487 e. The van der Waals surface area contributed by atoms with Crippen LogP contribution < -0.4 is 4.74 Å². The van der Waals surface area contributed by atoms with Crippen LogP contribution in [-0.2, 0) is 6.61 Å². The lowest BCUT2D eigenvalue weighted by molar-refractivity contribution is 0.290. The zero-order valence-electron chi connectivity index (χ0n) is 9.96. The molecule has 0 fully saturated rings. The molecule has 0 aliphatic carbocycles. The molecule has 2 rings (SSSR count). The molecule has 2 aromatic rings. The molecular formula is C14H7BrF3NO. The van der Waals surface area contributed by atoms with Gasteiger partial charge in [-0.2, -0.15) is 5.26 Å². The summed E-state index contributed by atoms with van der Waals surface area (Å²) >= 11 is 2.94. The summed E-state index contributed by atoms with van der Waals surface area (Å²) in [5, 5.41) is 8.82. The topological polar surface area (TPSA) is 33.0 Å².